The molecule has 19 heavy (non-hydrogen) atoms. The summed E-state index contributed by atoms with van der Waals surface area (Å²) in [5, 5.41) is 3.19. The van der Waals surface area contributed by atoms with Gasteiger partial charge in [0.1, 0.15) is 5.75 Å². The van der Waals surface area contributed by atoms with Crippen LogP contribution in [0.25, 0.3) is 0 Å². The molecular weight excluding hydrogens is 264 g/mol. The Balaban J connectivity index is 2.16. The first-order valence-electron chi connectivity index (χ1n) is 6.40. The van der Waals surface area contributed by atoms with Crippen molar-refractivity contribution >= 4 is 10.0 Å². The molecule has 1 aliphatic heterocycles. The third-order valence-electron chi connectivity index (χ3n) is 3.30. The molecule has 0 saturated carbocycles. The standard InChI is InChI=1S/C13H20N2O3S/c1-10-8-12(5-6-13(10)18-2)19(16,17)15-11-4-3-7-14-9-11/h5-6,8,11,14-15H,3-4,7,9H2,1-2H3/t11-/m1/s1. The van der Waals surface area contributed by atoms with Crippen LogP contribution >= 0.6 is 0 Å². The molecule has 0 amide bonds. The lowest BCUT2D eigenvalue weighted by atomic mass is 10.1. The van der Waals surface area contributed by atoms with Gasteiger partial charge < -0.3 is 10.1 Å². The number of aryl methyl sites for hydroxylation is 1. The van der Waals surface area contributed by atoms with Crippen LogP contribution in [0.5, 0.6) is 5.75 Å². The van der Waals surface area contributed by atoms with E-state index >= 15 is 0 Å². The Morgan fingerprint density at radius 1 is 1.42 bits per heavy atom. The summed E-state index contributed by atoms with van der Waals surface area (Å²) >= 11 is 0. The maximum atomic E-state index is 12.3. The van der Waals surface area contributed by atoms with E-state index in [1.54, 1.807) is 25.3 Å². The van der Waals surface area contributed by atoms with E-state index in [1.807, 2.05) is 6.92 Å². The zero-order valence-corrected chi connectivity index (χ0v) is 12.1. The number of methoxy groups -OCH3 is 1. The Morgan fingerprint density at radius 3 is 2.79 bits per heavy atom. The molecular formula is C13H20N2O3S. The first-order chi connectivity index (χ1) is 9.03. The van der Waals surface area contributed by atoms with Crippen molar-refractivity contribution in [2.24, 2.45) is 0 Å². The van der Waals surface area contributed by atoms with Crippen molar-refractivity contribution in [3.63, 3.8) is 0 Å². The van der Waals surface area contributed by atoms with Gasteiger partial charge in [-0.1, -0.05) is 0 Å². The quantitative estimate of drug-likeness (QED) is 0.867. The first kappa shape index (κ1) is 14.3. The highest BCUT2D eigenvalue weighted by molar-refractivity contribution is 7.89. The number of piperidine rings is 1. The van der Waals surface area contributed by atoms with Gasteiger partial charge in [0.2, 0.25) is 10.0 Å². The van der Waals surface area contributed by atoms with Crippen molar-refractivity contribution in [3.8, 4) is 5.75 Å². The van der Waals surface area contributed by atoms with E-state index in [4.69, 9.17) is 4.74 Å². The number of nitrogens with one attached hydrogen (secondary N) is 2. The third-order valence-corrected chi connectivity index (χ3v) is 4.81. The SMILES string of the molecule is COc1ccc(S(=O)(=O)N[C@@H]2CCCNC2)cc1C. The fraction of sp³-hybridized carbons (Fsp3) is 0.538. The minimum absolute atomic E-state index is 0.0267. The molecule has 0 aromatic heterocycles. The van der Waals surface area contributed by atoms with Crippen LogP contribution in [-0.2, 0) is 10.0 Å². The van der Waals surface area contributed by atoms with Gasteiger partial charge in [0.05, 0.1) is 12.0 Å². The van der Waals surface area contributed by atoms with E-state index < -0.39 is 10.0 Å². The Bertz CT molecular complexity index is 537. The number of ether oxygens (including phenoxy) is 1. The van der Waals surface area contributed by atoms with Crippen LogP contribution in [0.2, 0.25) is 0 Å². The number of sulfonamides is 1. The second kappa shape index (κ2) is 5.90. The molecule has 2 N–H and O–H groups in total. The van der Waals surface area contributed by atoms with E-state index in [1.165, 1.54) is 0 Å². The van der Waals surface area contributed by atoms with E-state index in [2.05, 4.69) is 10.0 Å². The summed E-state index contributed by atoms with van der Waals surface area (Å²) in [6, 6.07) is 4.87. The summed E-state index contributed by atoms with van der Waals surface area (Å²) < 4.78 is 32.4. The predicted octanol–water partition coefficient (Wildman–Crippen LogP) is 1.03. The third kappa shape index (κ3) is 3.46. The highest BCUT2D eigenvalue weighted by Gasteiger charge is 2.22. The smallest absolute Gasteiger partial charge is 0.240 e. The van der Waals surface area contributed by atoms with Crippen LogP contribution in [0.15, 0.2) is 23.1 Å². The maximum Gasteiger partial charge on any atom is 0.240 e. The summed E-state index contributed by atoms with van der Waals surface area (Å²) in [6.45, 7) is 3.48. The molecule has 0 bridgehead atoms. The second-order valence-corrected chi connectivity index (χ2v) is 6.51. The second-order valence-electron chi connectivity index (χ2n) is 4.80. The lowest BCUT2D eigenvalue weighted by Gasteiger charge is -2.23. The van der Waals surface area contributed by atoms with Crippen molar-refractivity contribution < 1.29 is 13.2 Å². The summed E-state index contributed by atoms with van der Waals surface area (Å²) in [6.07, 6.45) is 1.87. The zero-order valence-electron chi connectivity index (χ0n) is 11.3. The fourth-order valence-corrected chi connectivity index (χ4v) is 3.61. The summed E-state index contributed by atoms with van der Waals surface area (Å²) in [5.41, 5.74) is 0.812. The Labute approximate surface area is 114 Å². The van der Waals surface area contributed by atoms with Gasteiger partial charge in [-0.2, -0.15) is 0 Å². The van der Waals surface area contributed by atoms with Crippen molar-refractivity contribution in [3.05, 3.63) is 23.8 Å². The molecule has 0 radical (unpaired) electrons. The average Bonchev–Trinajstić information content (AvgIpc) is 2.39. The maximum absolute atomic E-state index is 12.3. The van der Waals surface area contributed by atoms with Gasteiger partial charge in [-0.05, 0) is 50.1 Å². The van der Waals surface area contributed by atoms with Gasteiger partial charge >= 0.3 is 0 Å². The number of hydrogen-bond donors (Lipinski definition) is 2. The normalized spacial score (nSPS) is 20.2. The van der Waals surface area contributed by atoms with Crippen LogP contribution < -0.4 is 14.8 Å². The van der Waals surface area contributed by atoms with Crippen molar-refractivity contribution in [2.45, 2.75) is 30.7 Å². The number of rotatable bonds is 4. The topological polar surface area (TPSA) is 67.4 Å². The van der Waals surface area contributed by atoms with E-state index in [0.29, 0.717) is 12.3 Å². The molecule has 1 atom stereocenters. The minimum Gasteiger partial charge on any atom is -0.496 e. The molecule has 1 aliphatic rings. The first-order valence-corrected chi connectivity index (χ1v) is 7.89. The van der Waals surface area contributed by atoms with Crippen molar-refractivity contribution in [1.82, 2.24) is 10.0 Å². The summed E-state index contributed by atoms with van der Waals surface area (Å²) in [4.78, 5) is 0.288. The highest BCUT2D eigenvalue weighted by atomic mass is 32.2. The summed E-state index contributed by atoms with van der Waals surface area (Å²) in [7, 11) is -1.88. The van der Waals surface area contributed by atoms with Crippen LogP contribution in [0, 0.1) is 6.92 Å². The minimum atomic E-state index is -3.45. The van der Waals surface area contributed by atoms with Gasteiger partial charge in [-0.15, -0.1) is 0 Å². The lowest BCUT2D eigenvalue weighted by Crippen LogP contribution is -2.45. The van der Waals surface area contributed by atoms with Crippen molar-refractivity contribution in [1.29, 1.82) is 0 Å². The van der Waals surface area contributed by atoms with Gasteiger partial charge in [-0.25, -0.2) is 13.1 Å². The van der Waals surface area contributed by atoms with Gasteiger partial charge in [0, 0.05) is 12.6 Å². The van der Waals surface area contributed by atoms with Crippen LogP contribution in [-0.4, -0.2) is 34.7 Å². The Morgan fingerprint density at radius 2 is 2.21 bits per heavy atom. The molecule has 2 rings (SSSR count). The van der Waals surface area contributed by atoms with Gasteiger partial charge in [-0.3, -0.25) is 0 Å². The molecule has 0 unspecified atom stereocenters. The van der Waals surface area contributed by atoms with Crippen LogP contribution in [0.3, 0.4) is 0 Å². The lowest BCUT2D eigenvalue weighted by molar-refractivity contribution is 0.411. The van der Waals surface area contributed by atoms with Gasteiger partial charge in [0.15, 0.2) is 0 Å². The van der Waals surface area contributed by atoms with Gasteiger partial charge in [0.25, 0.3) is 0 Å². The average molecular weight is 284 g/mol. The molecule has 1 aromatic rings. The molecule has 1 saturated heterocycles. The Hall–Kier alpha value is -1.11. The highest BCUT2D eigenvalue weighted by Crippen LogP contribution is 2.21. The van der Waals surface area contributed by atoms with E-state index in [0.717, 1.165) is 24.9 Å². The predicted molar refractivity (Wildman–Crippen MR) is 73.9 cm³/mol. The molecule has 0 spiro atoms. The fourth-order valence-electron chi connectivity index (χ4n) is 2.26. The van der Waals surface area contributed by atoms with E-state index in [-0.39, 0.29) is 10.9 Å². The monoisotopic (exact) mass is 284 g/mol. The molecule has 1 fully saturated rings. The zero-order chi connectivity index (χ0) is 13.9. The molecule has 106 valence electrons. The largest absolute Gasteiger partial charge is 0.496 e. The number of hydrogen-bond acceptors (Lipinski definition) is 4. The van der Waals surface area contributed by atoms with Crippen LogP contribution in [0.4, 0.5) is 0 Å². The molecule has 0 aliphatic carbocycles. The van der Waals surface area contributed by atoms with Crippen LogP contribution in [0.1, 0.15) is 18.4 Å². The van der Waals surface area contributed by atoms with Crippen molar-refractivity contribution in [2.75, 3.05) is 20.2 Å². The summed E-state index contributed by atoms with van der Waals surface area (Å²) in [5.74, 6) is 0.693. The Kier molecular flexibility index (Phi) is 4.44. The molecule has 6 heteroatoms. The van der Waals surface area contributed by atoms with E-state index in [9.17, 15) is 8.42 Å². The number of benzene rings is 1. The molecule has 5 nitrogen and oxygen atoms in total. The molecule has 1 heterocycles. The molecule has 1 aromatic carbocycles.